The van der Waals surface area contributed by atoms with Crippen molar-refractivity contribution < 1.29 is 4.79 Å². The Bertz CT molecular complexity index is 494. The van der Waals surface area contributed by atoms with Crippen LogP contribution in [0.2, 0.25) is 0 Å². The van der Waals surface area contributed by atoms with E-state index in [0.717, 1.165) is 31.6 Å². The second kappa shape index (κ2) is 6.38. The number of anilines is 1. The lowest BCUT2D eigenvalue weighted by Gasteiger charge is -2.28. The van der Waals surface area contributed by atoms with E-state index in [4.69, 9.17) is 0 Å². The summed E-state index contributed by atoms with van der Waals surface area (Å²) in [5.74, 6) is 0.0535. The fourth-order valence-electron chi connectivity index (χ4n) is 2.60. The van der Waals surface area contributed by atoms with Crippen molar-refractivity contribution in [3.8, 4) is 6.07 Å². The van der Waals surface area contributed by atoms with E-state index in [-0.39, 0.29) is 5.78 Å². The lowest BCUT2D eigenvalue weighted by Crippen LogP contribution is -2.28. The second-order valence-corrected chi connectivity index (χ2v) is 5.15. The average molecular weight is 256 g/mol. The molecule has 0 radical (unpaired) electrons. The molecule has 19 heavy (non-hydrogen) atoms. The van der Waals surface area contributed by atoms with Crippen molar-refractivity contribution in [2.24, 2.45) is 0 Å². The fraction of sp³-hybridized carbons (Fsp3) is 0.500. The van der Waals surface area contributed by atoms with Gasteiger partial charge in [-0.15, -0.1) is 0 Å². The quantitative estimate of drug-likeness (QED) is 0.760. The van der Waals surface area contributed by atoms with Crippen LogP contribution in [0.3, 0.4) is 0 Å². The maximum atomic E-state index is 11.5. The summed E-state index contributed by atoms with van der Waals surface area (Å²) in [4.78, 5) is 13.8. The molecule has 0 aromatic heterocycles. The van der Waals surface area contributed by atoms with Crippen LogP contribution in [-0.2, 0) is 0 Å². The number of nitrogens with zero attached hydrogens (tertiary/aromatic N) is 2. The van der Waals surface area contributed by atoms with Gasteiger partial charge in [0.25, 0.3) is 0 Å². The van der Waals surface area contributed by atoms with E-state index in [1.165, 1.54) is 19.3 Å². The Morgan fingerprint density at radius 2 is 1.79 bits per heavy atom. The monoisotopic (exact) mass is 256 g/mol. The van der Waals surface area contributed by atoms with Crippen molar-refractivity contribution in [2.45, 2.75) is 39.0 Å². The number of rotatable bonds is 2. The number of carbonyl (C=O) groups is 1. The molecule has 0 N–H and O–H groups in total. The normalized spacial score (nSPS) is 16.3. The van der Waals surface area contributed by atoms with Crippen molar-refractivity contribution in [1.82, 2.24) is 0 Å². The summed E-state index contributed by atoms with van der Waals surface area (Å²) in [7, 11) is 0. The lowest BCUT2D eigenvalue weighted by atomic mass is 10.0. The first-order valence-electron chi connectivity index (χ1n) is 7.02. The number of benzene rings is 1. The topological polar surface area (TPSA) is 44.1 Å². The third-order valence-corrected chi connectivity index (χ3v) is 3.72. The molecular formula is C16H20N2O. The van der Waals surface area contributed by atoms with Crippen molar-refractivity contribution >= 4 is 11.5 Å². The van der Waals surface area contributed by atoms with Crippen LogP contribution < -0.4 is 4.90 Å². The zero-order valence-corrected chi connectivity index (χ0v) is 11.5. The van der Waals surface area contributed by atoms with Crippen molar-refractivity contribution in [3.63, 3.8) is 0 Å². The molecule has 1 aromatic rings. The molecule has 3 heteroatoms. The second-order valence-electron chi connectivity index (χ2n) is 5.15. The van der Waals surface area contributed by atoms with Gasteiger partial charge in [0.15, 0.2) is 5.78 Å². The minimum absolute atomic E-state index is 0.0535. The Morgan fingerprint density at radius 1 is 1.16 bits per heavy atom. The molecule has 0 spiro atoms. The Kier molecular flexibility index (Phi) is 4.57. The summed E-state index contributed by atoms with van der Waals surface area (Å²) in [6.07, 6.45) is 6.15. The van der Waals surface area contributed by atoms with Gasteiger partial charge in [0, 0.05) is 18.7 Å². The molecule has 0 saturated carbocycles. The average Bonchev–Trinajstić information content (AvgIpc) is 2.37. The Labute approximate surface area is 114 Å². The Hall–Kier alpha value is -1.82. The molecule has 0 amide bonds. The third kappa shape index (κ3) is 3.35. The van der Waals surface area contributed by atoms with E-state index >= 15 is 0 Å². The SMILES string of the molecule is CC(=O)c1ccc(C#N)c(N2CCCCCCC2)c1. The van der Waals surface area contributed by atoms with Gasteiger partial charge in [0.05, 0.1) is 11.3 Å². The summed E-state index contributed by atoms with van der Waals surface area (Å²) < 4.78 is 0. The third-order valence-electron chi connectivity index (χ3n) is 3.72. The molecule has 1 aliphatic rings. The number of carbonyl (C=O) groups excluding carboxylic acids is 1. The van der Waals surface area contributed by atoms with Gasteiger partial charge in [-0.2, -0.15) is 5.26 Å². The molecule has 0 bridgehead atoms. The molecule has 0 unspecified atom stereocenters. The van der Waals surface area contributed by atoms with E-state index in [1.54, 1.807) is 19.1 Å². The number of hydrogen-bond donors (Lipinski definition) is 0. The highest BCUT2D eigenvalue weighted by atomic mass is 16.1. The summed E-state index contributed by atoms with van der Waals surface area (Å²) in [6, 6.07) is 7.63. The van der Waals surface area contributed by atoms with E-state index in [0.29, 0.717) is 11.1 Å². The van der Waals surface area contributed by atoms with Crippen LogP contribution >= 0.6 is 0 Å². The lowest BCUT2D eigenvalue weighted by molar-refractivity contribution is 0.101. The standard InChI is InChI=1S/C16H20N2O/c1-13(19)14-7-8-15(12-17)16(11-14)18-9-5-3-2-4-6-10-18/h7-8,11H,2-6,9-10H2,1H3. The Morgan fingerprint density at radius 3 is 2.37 bits per heavy atom. The van der Waals surface area contributed by atoms with Crippen LogP contribution in [0.4, 0.5) is 5.69 Å². The van der Waals surface area contributed by atoms with E-state index in [2.05, 4.69) is 11.0 Å². The first-order chi connectivity index (χ1) is 9.22. The highest BCUT2D eigenvalue weighted by Crippen LogP contribution is 2.24. The first kappa shape index (κ1) is 13.6. The predicted octanol–water partition coefficient (Wildman–Crippen LogP) is 3.53. The van der Waals surface area contributed by atoms with Gasteiger partial charge >= 0.3 is 0 Å². The van der Waals surface area contributed by atoms with Gasteiger partial charge < -0.3 is 4.90 Å². The van der Waals surface area contributed by atoms with Gasteiger partial charge in [0.1, 0.15) is 6.07 Å². The van der Waals surface area contributed by atoms with Crippen molar-refractivity contribution in [2.75, 3.05) is 18.0 Å². The fourth-order valence-corrected chi connectivity index (χ4v) is 2.60. The van der Waals surface area contributed by atoms with Gasteiger partial charge in [-0.25, -0.2) is 0 Å². The molecule has 100 valence electrons. The maximum absolute atomic E-state index is 11.5. The van der Waals surface area contributed by atoms with Crippen LogP contribution in [0.25, 0.3) is 0 Å². The summed E-state index contributed by atoms with van der Waals surface area (Å²) in [6.45, 7) is 3.53. The summed E-state index contributed by atoms with van der Waals surface area (Å²) >= 11 is 0. The molecule has 0 atom stereocenters. The number of hydrogen-bond acceptors (Lipinski definition) is 3. The van der Waals surface area contributed by atoms with Crippen LogP contribution in [0.5, 0.6) is 0 Å². The van der Waals surface area contributed by atoms with Gasteiger partial charge in [-0.1, -0.05) is 19.3 Å². The van der Waals surface area contributed by atoms with E-state index in [1.807, 2.05) is 6.07 Å². The molecule has 0 aliphatic carbocycles. The van der Waals surface area contributed by atoms with Crippen LogP contribution in [0, 0.1) is 11.3 Å². The smallest absolute Gasteiger partial charge is 0.159 e. The zero-order valence-electron chi connectivity index (χ0n) is 11.5. The minimum Gasteiger partial charge on any atom is -0.370 e. The summed E-state index contributed by atoms with van der Waals surface area (Å²) in [5, 5.41) is 9.24. The minimum atomic E-state index is 0.0535. The number of ketones is 1. The molecule has 1 fully saturated rings. The number of Topliss-reactive ketones (excluding diaryl/α,β-unsaturated/α-hetero) is 1. The Balaban J connectivity index is 2.31. The van der Waals surface area contributed by atoms with Crippen molar-refractivity contribution in [1.29, 1.82) is 5.26 Å². The summed E-state index contributed by atoms with van der Waals surface area (Å²) in [5.41, 5.74) is 2.29. The van der Waals surface area contributed by atoms with E-state index < -0.39 is 0 Å². The predicted molar refractivity (Wildman–Crippen MR) is 76.5 cm³/mol. The molecule has 1 aromatic carbocycles. The van der Waals surface area contributed by atoms with Crippen molar-refractivity contribution in [3.05, 3.63) is 29.3 Å². The van der Waals surface area contributed by atoms with Crippen LogP contribution in [0.15, 0.2) is 18.2 Å². The van der Waals surface area contributed by atoms with Crippen LogP contribution in [-0.4, -0.2) is 18.9 Å². The number of nitriles is 1. The maximum Gasteiger partial charge on any atom is 0.159 e. The molecule has 3 nitrogen and oxygen atoms in total. The van der Waals surface area contributed by atoms with Gasteiger partial charge in [0.2, 0.25) is 0 Å². The molecule has 2 rings (SSSR count). The zero-order chi connectivity index (χ0) is 13.7. The highest BCUT2D eigenvalue weighted by molar-refractivity contribution is 5.95. The van der Waals surface area contributed by atoms with Gasteiger partial charge in [-0.3, -0.25) is 4.79 Å². The molecule has 1 aliphatic heterocycles. The molecular weight excluding hydrogens is 236 g/mol. The van der Waals surface area contributed by atoms with Gasteiger partial charge in [-0.05, 0) is 38.0 Å². The van der Waals surface area contributed by atoms with E-state index in [9.17, 15) is 10.1 Å². The first-order valence-corrected chi connectivity index (χ1v) is 7.02. The highest BCUT2D eigenvalue weighted by Gasteiger charge is 2.14. The van der Waals surface area contributed by atoms with Crippen LogP contribution in [0.1, 0.15) is 54.9 Å². The molecule has 1 heterocycles. The molecule has 1 saturated heterocycles. The largest absolute Gasteiger partial charge is 0.370 e.